The van der Waals surface area contributed by atoms with Crippen molar-refractivity contribution in [3.63, 3.8) is 0 Å². The summed E-state index contributed by atoms with van der Waals surface area (Å²) in [5.41, 5.74) is -0.486. The van der Waals surface area contributed by atoms with Gasteiger partial charge in [0.25, 0.3) is 6.01 Å². The highest BCUT2D eigenvalue weighted by Crippen LogP contribution is 2.21. The number of oxazole rings is 1. The molecular weight excluding hydrogens is 212 g/mol. The highest BCUT2D eigenvalue weighted by atomic mass is 16.4. The average Bonchev–Trinajstić information content (AvgIpc) is 2.66. The van der Waals surface area contributed by atoms with Crippen LogP contribution in [-0.4, -0.2) is 33.3 Å². The Morgan fingerprint density at radius 1 is 1.69 bits per heavy atom. The molecule has 0 aromatic carbocycles. The number of carbonyl (C=O) groups is 1. The molecule has 0 amide bonds. The number of aliphatic hydroxyl groups excluding tert-OH is 1. The number of anilines is 1. The van der Waals surface area contributed by atoms with Crippen LogP contribution >= 0.6 is 0 Å². The van der Waals surface area contributed by atoms with Crippen molar-refractivity contribution in [3.8, 4) is 0 Å². The minimum atomic E-state index is -1.13. The summed E-state index contributed by atoms with van der Waals surface area (Å²) in [7, 11) is 0. The van der Waals surface area contributed by atoms with Crippen molar-refractivity contribution < 1.29 is 19.4 Å². The van der Waals surface area contributed by atoms with Gasteiger partial charge in [-0.25, -0.2) is 4.79 Å². The van der Waals surface area contributed by atoms with Crippen molar-refractivity contribution in [3.05, 3.63) is 12.0 Å². The largest absolute Gasteiger partial charge is 0.476 e. The molecule has 0 fully saturated rings. The van der Waals surface area contributed by atoms with Crippen molar-refractivity contribution in [2.75, 3.05) is 11.9 Å². The number of nitrogens with one attached hydrogen (secondary N) is 1. The Hall–Kier alpha value is -1.56. The number of carboxylic acid groups (broad SMARTS) is 1. The third-order valence-electron chi connectivity index (χ3n) is 2.58. The smallest absolute Gasteiger partial charge is 0.357 e. The Labute approximate surface area is 93.3 Å². The second-order valence-electron chi connectivity index (χ2n) is 3.86. The maximum absolute atomic E-state index is 10.6. The van der Waals surface area contributed by atoms with Crippen LogP contribution < -0.4 is 5.32 Å². The minimum Gasteiger partial charge on any atom is -0.476 e. The van der Waals surface area contributed by atoms with E-state index in [-0.39, 0.29) is 23.9 Å². The molecule has 0 bridgehead atoms. The molecule has 0 spiro atoms. The minimum absolute atomic E-state index is 0.0455. The van der Waals surface area contributed by atoms with Crippen LogP contribution in [0.1, 0.15) is 37.2 Å². The second-order valence-corrected chi connectivity index (χ2v) is 3.86. The number of nitrogens with zero attached hydrogens (tertiary/aromatic N) is 1. The molecule has 1 rings (SSSR count). The number of hydrogen-bond donors (Lipinski definition) is 3. The molecule has 0 aliphatic heterocycles. The number of aromatic nitrogens is 1. The maximum Gasteiger partial charge on any atom is 0.357 e. The van der Waals surface area contributed by atoms with Crippen molar-refractivity contribution in [2.24, 2.45) is 0 Å². The zero-order valence-electron chi connectivity index (χ0n) is 9.36. The summed E-state index contributed by atoms with van der Waals surface area (Å²) >= 11 is 0. The zero-order valence-corrected chi connectivity index (χ0v) is 9.36. The fourth-order valence-corrected chi connectivity index (χ4v) is 1.26. The lowest BCUT2D eigenvalue weighted by atomic mass is 9.95. The van der Waals surface area contributed by atoms with Crippen molar-refractivity contribution in [2.45, 2.75) is 32.2 Å². The van der Waals surface area contributed by atoms with Gasteiger partial charge in [-0.15, -0.1) is 0 Å². The Morgan fingerprint density at radius 2 is 2.38 bits per heavy atom. The van der Waals surface area contributed by atoms with Crippen LogP contribution in [0.15, 0.2) is 10.7 Å². The highest BCUT2D eigenvalue weighted by molar-refractivity contribution is 5.85. The SMILES string of the molecule is CCC(C)(CCO)Nc1nc(C(=O)O)co1. The van der Waals surface area contributed by atoms with E-state index < -0.39 is 5.97 Å². The molecule has 16 heavy (non-hydrogen) atoms. The van der Waals surface area contributed by atoms with Gasteiger partial charge in [0.15, 0.2) is 5.69 Å². The number of aromatic carboxylic acids is 1. The molecule has 0 aliphatic carbocycles. The van der Waals surface area contributed by atoms with Crippen LogP contribution in [0, 0.1) is 0 Å². The molecule has 1 aromatic rings. The van der Waals surface area contributed by atoms with Crippen LogP contribution in [0.2, 0.25) is 0 Å². The normalized spacial score (nSPS) is 14.4. The van der Waals surface area contributed by atoms with Crippen LogP contribution in [0.25, 0.3) is 0 Å². The quantitative estimate of drug-likeness (QED) is 0.680. The van der Waals surface area contributed by atoms with Gasteiger partial charge in [-0.05, 0) is 19.8 Å². The molecule has 90 valence electrons. The molecule has 3 N–H and O–H groups in total. The summed E-state index contributed by atoms with van der Waals surface area (Å²) in [4.78, 5) is 14.4. The first-order valence-corrected chi connectivity index (χ1v) is 5.08. The number of aliphatic hydroxyl groups is 1. The van der Waals surface area contributed by atoms with E-state index in [1.807, 2.05) is 13.8 Å². The van der Waals surface area contributed by atoms with Gasteiger partial charge >= 0.3 is 5.97 Å². The van der Waals surface area contributed by atoms with E-state index in [1.54, 1.807) is 0 Å². The number of rotatable bonds is 6. The summed E-state index contributed by atoms with van der Waals surface area (Å²) in [5, 5.41) is 20.6. The standard InChI is InChI=1S/C10H16N2O4/c1-3-10(2,4-5-13)12-9-11-7(6-16-9)8(14)15/h6,13H,3-5H2,1-2H3,(H,11,12)(H,14,15). The van der Waals surface area contributed by atoms with Crippen LogP contribution in [0.3, 0.4) is 0 Å². The van der Waals surface area contributed by atoms with E-state index in [4.69, 9.17) is 14.6 Å². The van der Waals surface area contributed by atoms with Crippen LogP contribution in [0.5, 0.6) is 0 Å². The summed E-state index contributed by atoms with van der Waals surface area (Å²) in [6.45, 7) is 3.92. The van der Waals surface area contributed by atoms with Gasteiger partial charge in [0.05, 0.1) is 0 Å². The van der Waals surface area contributed by atoms with E-state index in [1.165, 1.54) is 0 Å². The Morgan fingerprint density at radius 3 is 2.81 bits per heavy atom. The Bertz CT molecular complexity index is 363. The van der Waals surface area contributed by atoms with E-state index in [0.29, 0.717) is 6.42 Å². The first kappa shape index (κ1) is 12.5. The molecule has 1 unspecified atom stereocenters. The van der Waals surface area contributed by atoms with Crippen molar-refractivity contribution in [1.29, 1.82) is 0 Å². The Kier molecular flexibility index (Phi) is 3.89. The van der Waals surface area contributed by atoms with Crippen molar-refractivity contribution in [1.82, 2.24) is 4.98 Å². The van der Waals surface area contributed by atoms with Crippen LogP contribution in [0.4, 0.5) is 6.01 Å². The number of carboxylic acids is 1. The average molecular weight is 228 g/mol. The molecule has 1 atom stereocenters. The van der Waals surface area contributed by atoms with Crippen LogP contribution in [-0.2, 0) is 0 Å². The molecule has 0 radical (unpaired) electrons. The molecular formula is C10H16N2O4. The Balaban J connectivity index is 2.74. The topological polar surface area (TPSA) is 95.6 Å². The van der Waals surface area contributed by atoms with Gasteiger partial charge < -0.3 is 19.9 Å². The third-order valence-corrected chi connectivity index (χ3v) is 2.58. The fourth-order valence-electron chi connectivity index (χ4n) is 1.26. The lowest BCUT2D eigenvalue weighted by molar-refractivity contribution is 0.0690. The predicted molar refractivity (Wildman–Crippen MR) is 57.5 cm³/mol. The summed E-state index contributed by atoms with van der Waals surface area (Å²) in [6.07, 6.45) is 2.38. The van der Waals surface area contributed by atoms with Gasteiger partial charge in [-0.3, -0.25) is 0 Å². The van der Waals surface area contributed by atoms with E-state index in [9.17, 15) is 4.79 Å². The van der Waals surface area contributed by atoms with Gasteiger partial charge in [-0.1, -0.05) is 6.92 Å². The van der Waals surface area contributed by atoms with Gasteiger partial charge in [0.2, 0.25) is 0 Å². The third kappa shape index (κ3) is 2.96. The number of hydrogen-bond acceptors (Lipinski definition) is 5. The summed E-state index contributed by atoms with van der Waals surface area (Å²) < 4.78 is 4.99. The molecule has 0 aliphatic rings. The van der Waals surface area contributed by atoms with Gasteiger partial charge in [0, 0.05) is 12.1 Å². The molecule has 0 saturated heterocycles. The van der Waals surface area contributed by atoms with E-state index in [2.05, 4.69) is 10.3 Å². The first-order valence-electron chi connectivity index (χ1n) is 5.08. The van der Waals surface area contributed by atoms with E-state index in [0.717, 1.165) is 12.7 Å². The molecule has 6 nitrogen and oxygen atoms in total. The second kappa shape index (κ2) is 4.98. The highest BCUT2D eigenvalue weighted by Gasteiger charge is 2.23. The lowest BCUT2D eigenvalue weighted by Crippen LogP contribution is -2.35. The van der Waals surface area contributed by atoms with E-state index >= 15 is 0 Å². The summed E-state index contributed by atoms with van der Waals surface area (Å²) in [5.74, 6) is -1.13. The molecule has 0 saturated carbocycles. The molecule has 1 aromatic heterocycles. The monoisotopic (exact) mass is 228 g/mol. The van der Waals surface area contributed by atoms with Gasteiger partial charge in [-0.2, -0.15) is 4.98 Å². The maximum atomic E-state index is 10.6. The predicted octanol–water partition coefficient (Wildman–Crippen LogP) is 1.34. The fraction of sp³-hybridized carbons (Fsp3) is 0.600. The summed E-state index contributed by atoms with van der Waals surface area (Å²) in [6, 6.07) is 0.162. The zero-order chi connectivity index (χ0) is 12.2. The molecule has 1 heterocycles. The lowest BCUT2D eigenvalue weighted by Gasteiger charge is -2.27. The first-order chi connectivity index (χ1) is 7.50. The van der Waals surface area contributed by atoms with Gasteiger partial charge in [0.1, 0.15) is 6.26 Å². The molecule has 6 heteroatoms. The van der Waals surface area contributed by atoms with Crippen molar-refractivity contribution >= 4 is 12.0 Å².